The van der Waals surface area contributed by atoms with Crippen LogP contribution in [0.3, 0.4) is 0 Å². The molecule has 1 aromatic carbocycles. The van der Waals surface area contributed by atoms with E-state index >= 15 is 0 Å². The van der Waals surface area contributed by atoms with Gasteiger partial charge in [0.15, 0.2) is 5.16 Å². The van der Waals surface area contributed by atoms with Crippen LogP contribution < -0.4 is 5.56 Å². The van der Waals surface area contributed by atoms with Crippen LogP contribution >= 0.6 is 39.0 Å². The van der Waals surface area contributed by atoms with Crippen molar-refractivity contribution in [1.29, 1.82) is 0 Å². The molecule has 0 amide bonds. The fourth-order valence-corrected chi connectivity index (χ4v) is 4.42. The Morgan fingerprint density at radius 3 is 2.96 bits per heavy atom. The molecule has 0 saturated heterocycles. The van der Waals surface area contributed by atoms with Crippen LogP contribution in [0, 0.1) is 0 Å². The lowest BCUT2D eigenvalue weighted by atomic mass is 10.2. The molecule has 0 atom stereocenters. The predicted octanol–water partition coefficient (Wildman–Crippen LogP) is 4.58. The number of thioether (sulfide) groups is 1. The average Bonchev–Trinajstić information content (AvgIpc) is 3.32. The number of aromatic nitrogens is 4. The first kappa shape index (κ1) is 17.4. The monoisotopic (exact) mass is 448 g/mol. The van der Waals surface area contributed by atoms with Crippen LogP contribution in [0.25, 0.3) is 21.6 Å². The van der Waals surface area contributed by atoms with Crippen molar-refractivity contribution >= 4 is 49.9 Å². The summed E-state index contributed by atoms with van der Waals surface area (Å²) in [5, 5.41) is 7.22. The molecule has 0 saturated carbocycles. The number of halogens is 1. The minimum absolute atomic E-state index is 0.0499. The van der Waals surface area contributed by atoms with Crippen molar-refractivity contribution in [1.82, 2.24) is 19.7 Å². The number of fused-ring (bicyclic) bond motifs is 1. The fraction of sp³-hybridized carbons (Fsp3) is 0.176. The highest BCUT2D eigenvalue weighted by atomic mass is 79.9. The van der Waals surface area contributed by atoms with Gasteiger partial charge in [-0.05, 0) is 36.6 Å². The molecule has 4 rings (SSSR count). The third-order valence-corrected chi connectivity index (χ3v) is 6.05. The van der Waals surface area contributed by atoms with E-state index in [1.165, 1.54) is 11.8 Å². The maximum atomic E-state index is 12.7. The van der Waals surface area contributed by atoms with E-state index in [1.807, 2.05) is 36.6 Å². The summed E-state index contributed by atoms with van der Waals surface area (Å²) < 4.78 is 7.84. The van der Waals surface area contributed by atoms with Crippen molar-refractivity contribution in [3.63, 3.8) is 0 Å². The smallest absolute Gasteiger partial charge is 0.262 e. The molecule has 26 heavy (non-hydrogen) atoms. The minimum Gasteiger partial charge on any atom is -0.338 e. The highest BCUT2D eigenvalue weighted by molar-refractivity contribution is 9.10. The van der Waals surface area contributed by atoms with Gasteiger partial charge < -0.3 is 4.52 Å². The Morgan fingerprint density at radius 1 is 1.31 bits per heavy atom. The third kappa shape index (κ3) is 3.34. The largest absolute Gasteiger partial charge is 0.338 e. The maximum absolute atomic E-state index is 12.7. The quantitative estimate of drug-likeness (QED) is 0.328. The minimum atomic E-state index is -0.0499. The zero-order chi connectivity index (χ0) is 18.1. The van der Waals surface area contributed by atoms with Crippen molar-refractivity contribution in [2.75, 3.05) is 0 Å². The number of hydrogen-bond donors (Lipinski definition) is 0. The summed E-state index contributed by atoms with van der Waals surface area (Å²) in [6.07, 6.45) is 0. The zero-order valence-electron chi connectivity index (χ0n) is 13.7. The molecule has 3 aromatic heterocycles. The molecule has 0 aliphatic carbocycles. The van der Waals surface area contributed by atoms with Crippen molar-refractivity contribution < 1.29 is 4.52 Å². The summed E-state index contributed by atoms with van der Waals surface area (Å²) in [6.45, 7) is 2.47. The summed E-state index contributed by atoms with van der Waals surface area (Å²) in [7, 11) is 0. The molecule has 6 nitrogen and oxygen atoms in total. The molecule has 0 aliphatic heterocycles. The number of rotatable bonds is 5. The Balaban J connectivity index is 1.63. The van der Waals surface area contributed by atoms with Crippen LogP contribution in [0.15, 0.2) is 54.7 Å². The topological polar surface area (TPSA) is 73.8 Å². The average molecular weight is 449 g/mol. The molecule has 0 aliphatic rings. The van der Waals surface area contributed by atoms with Crippen LogP contribution in [0.4, 0.5) is 0 Å². The normalized spacial score (nSPS) is 11.3. The van der Waals surface area contributed by atoms with Gasteiger partial charge in [-0.1, -0.05) is 38.9 Å². The van der Waals surface area contributed by atoms with Gasteiger partial charge >= 0.3 is 0 Å². The van der Waals surface area contributed by atoms with Gasteiger partial charge in [0, 0.05) is 11.0 Å². The van der Waals surface area contributed by atoms with Gasteiger partial charge in [-0.15, -0.1) is 11.3 Å². The summed E-state index contributed by atoms with van der Waals surface area (Å²) in [4.78, 5) is 22.8. The molecule has 132 valence electrons. The van der Waals surface area contributed by atoms with Crippen LogP contribution in [0.1, 0.15) is 12.8 Å². The lowest BCUT2D eigenvalue weighted by molar-refractivity contribution is 0.391. The number of thiophene rings is 1. The number of benzene rings is 1. The summed E-state index contributed by atoms with van der Waals surface area (Å²) in [5.41, 5.74) is 0.626. The second-order valence-corrected chi connectivity index (χ2v) is 8.19. The van der Waals surface area contributed by atoms with Gasteiger partial charge in [-0.25, -0.2) is 4.98 Å². The molecule has 3 heterocycles. The van der Waals surface area contributed by atoms with Gasteiger partial charge in [-0.2, -0.15) is 4.98 Å². The Hall–Kier alpha value is -1.97. The van der Waals surface area contributed by atoms with E-state index in [4.69, 9.17) is 4.52 Å². The molecular formula is C17H13BrN4O2S2. The van der Waals surface area contributed by atoms with Crippen LogP contribution in [0.5, 0.6) is 0 Å². The van der Waals surface area contributed by atoms with Gasteiger partial charge in [0.05, 0.1) is 21.5 Å². The predicted molar refractivity (Wildman–Crippen MR) is 107 cm³/mol. The van der Waals surface area contributed by atoms with Crippen LogP contribution in [-0.4, -0.2) is 19.7 Å². The Labute approximate surface area is 165 Å². The maximum Gasteiger partial charge on any atom is 0.262 e. The van der Waals surface area contributed by atoms with Gasteiger partial charge in [0.2, 0.25) is 11.7 Å². The van der Waals surface area contributed by atoms with Crippen LogP contribution in [-0.2, 0) is 12.3 Å². The van der Waals surface area contributed by atoms with E-state index in [2.05, 4.69) is 31.1 Å². The van der Waals surface area contributed by atoms with E-state index in [1.54, 1.807) is 22.0 Å². The summed E-state index contributed by atoms with van der Waals surface area (Å²) in [5.74, 6) is 1.54. The van der Waals surface area contributed by atoms with Crippen LogP contribution in [0.2, 0.25) is 0 Å². The number of hydrogen-bond acceptors (Lipinski definition) is 7. The van der Waals surface area contributed by atoms with Crippen molar-refractivity contribution in [2.45, 2.75) is 24.4 Å². The van der Waals surface area contributed by atoms with E-state index in [9.17, 15) is 4.79 Å². The SMILES string of the molecule is CCn1c(SCc2nc(-c3cccs3)no2)nc2ccc(Br)cc2c1=O. The Morgan fingerprint density at radius 2 is 2.19 bits per heavy atom. The fourth-order valence-electron chi connectivity index (χ4n) is 2.51. The van der Waals surface area contributed by atoms with Gasteiger partial charge in [-0.3, -0.25) is 9.36 Å². The second-order valence-electron chi connectivity index (χ2n) is 5.38. The highest BCUT2D eigenvalue weighted by Crippen LogP contribution is 2.25. The molecule has 4 aromatic rings. The molecule has 0 N–H and O–H groups in total. The van der Waals surface area contributed by atoms with Gasteiger partial charge in [0.25, 0.3) is 5.56 Å². The summed E-state index contributed by atoms with van der Waals surface area (Å²) >= 11 is 6.38. The molecule has 0 radical (unpaired) electrons. The lowest BCUT2D eigenvalue weighted by Gasteiger charge is -2.10. The standard InChI is InChI=1S/C17H13BrN4O2S2/c1-2-22-16(23)11-8-10(18)5-6-12(11)19-17(22)26-9-14-20-15(21-24-14)13-4-3-7-25-13/h3-8H,2,9H2,1H3. The lowest BCUT2D eigenvalue weighted by Crippen LogP contribution is -2.22. The molecule has 0 spiro atoms. The second kappa shape index (κ2) is 7.34. The van der Waals surface area contributed by atoms with Gasteiger partial charge in [0.1, 0.15) is 0 Å². The molecule has 0 bridgehead atoms. The first-order valence-electron chi connectivity index (χ1n) is 7.85. The first-order valence-corrected chi connectivity index (χ1v) is 10.5. The van der Waals surface area contributed by atoms with Crippen molar-refractivity contribution in [2.24, 2.45) is 0 Å². The van der Waals surface area contributed by atoms with E-state index in [0.29, 0.717) is 40.1 Å². The zero-order valence-corrected chi connectivity index (χ0v) is 16.9. The van der Waals surface area contributed by atoms with Crippen molar-refractivity contribution in [3.8, 4) is 10.7 Å². The number of nitrogens with zero attached hydrogens (tertiary/aromatic N) is 4. The Kier molecular flexibility index (Phi) is 4.92. The third-order valence-electron chi connectivity index (χ3n) is 3.73. The highest BCUT2D eigenvalue weighted by Gasteiger charge is 2.14. The molecular weight excluding hydrogens is 436 g/mol. The molecule has 9 heteroatoms. The van der Waals surface area contributed by atoms with Crippen molar-refractivity contribution in [3.05, 3.63) is 56.4 Å². The van der Waals surface area contributed by atoms with E-state index < -0.39 is 0 Å². The summed E-state index contributed by atoms with van der Waals surface area (Å²) in [6, 6.07) is 9.42. The Bertz CT molecular complexity index is 1120. The molecule has 0 unspecified atom stereocenters. The first-order chi connectivity index (χ1) is 12.7. The van der Waals surface area contributed by atoms with E-state index in [0.717, 1.165) is 9.35 Å². The molecule has 0 fully saturated rings. The van der Waals surface area contributed by atoms with E-state index in [-0.39, 0.29) is 5.56 Å².